The van der Waals surface area contributed by atoms with Crippen LogP contribution in [-0.4, -0.2) is 44.1 Å². The maximum absolute atomic E-state index is 4.71. The summed E-state index contributed by atoms with van der Waals surface area (Å²) in [5, 5.41) is 0. The summed E-state index contributed by atoms with van der Waals surface area (Å²) >= 11 is 0. The monoisotopic (exact) mass is 313 g/mol. The van der Waals surface area contributed by atoms with Gasteiger partial charge in [0.05, 0.1) is 17.6 Å². The second kappa shape index (κ2) is 6.79. The molecule has 2 aromatic heterocycles. The van der Waals surface area contributed by atoms with Gasteiger partial charge < -0.3 is 9.47 Å². The van der Waals surface area contributed by atoms with E-state index in [-0.39, 0.29) is 0 Å². The van der Waals surface area contributed by atoms with Crippen LogP contribution in [0.1, 0.15) is 44.1 Å². The van der Waals surface area contributed by atoms with E-state index < -0.39 is 0 Å². The lowest BCUT2D eigenvalue weighted by Crippen LogP contribution is -2.37. The molecule has 0 bridgehead atoms. The van der Waals surface area contributed by atoms with E-state index in [4.69, 9.17) is 4.98 Å². The summed E-state index contributed by atoms with van der Waals surface area (Å²) in [6.45, 7) is 10.0. The normalized spacial score (nSPS) is 19.4. The van der Waals surface area contributed by atoms with Gasteiger partial charge in [-0.2, -0.15) is 0 Å². The topological polar surface area (TPSA) is 46.8 Å². The van der Waals surface area contributed by atoms with Crippen molar-refractivity contribution in [1.82, 2.24) is 24.4 Å². The molecule has 0 aliphatic carbocycles. The first-order chi connectivity index (χ1) is 11.1. The molecule has 1 saturated heterocycles. The Kier molecular flexibility index (Phi) is 4.76. The number of aryl methyl sites for hydroxylation is 1. The molecule has 3 heterocycles. The van der Waals surface area contributed by atoms with Crippen molar-refractivity contribution < 1.29 is 0 Å². The number of nitrogens with zero attached hydrogens (tertiary/aromatic N) is 5. The van der Waals surface area contributed by atoms with Gasteiger partial charge in [0.25, 0.3) is 0 Å². The molecule has 1 aliphatic heterocycles. The molecule has 5 nitrogen and oxygen atoms in total. The zero-order chi connectivity index (χ0) is 16.4. The summed E-state index contributed by atoms with van der Waals surface area (Å²) in [4.78, 5) is 16.3. The molecular weight excluding hydrogens is 286 g/mol. The van der Waals surface area contributed by atoms with Gasteiger partial charge in [0.1, 0.15) is 11.5 Å². The Morgan fingerprint density at radius 2 is 2.00 bits per heavy atom. The molecule has 3 rings (SSSR count). The van der Waals surface area contributed by atoms with Crippen molar-refractivity contribution in [3.63, 3.8) is 0 Å². The number of rotatable bonds is 4. The van der Waals surface area contributed by atoms with E-state index in [0.29, 0.717) is 11.8 Å². The lowest BCUT2D eigenvalue weighted by Gasteiger charge is -2.33. The third-order valence-electron chi connectivity index (χ3n) is 4.71. The van der Waals surface area contributed by atoms with E-state index in [9.17, 15) is 0 Å². The first-order valence-electron chi connectivity index (χ1n) is 8.58. The Balaban J connectivity index is 1.90. The maximum atomic E-state index is 4.71. The Bertz CT molecular complexity index is 661. The van der Waals surface area contributed by atoms with Crippen LogP contribution in [0.2, 0.25) is 0 Å². The number of piperidine rings is 1. The maximum Gasteiger partial charge on any atom is 0.110 e. The molecule has 0 amide bonds. The van der Waals surface area contributed by atoms with E-state index in [1.54, 1.807) is 6.20 Å². The van der Waals surface area contributed by atoms with Gasteiger partial charge in [0.2, 0.25) is 0 Å². The molecule has 1 fully saturated rings. The summed E-state index contributed by atoms with van der Waals surface area (Å²) in [6, 6.07) is 0. The minimum Gasteiger partial charge on any atom is -0.330 e. The highest BCUT2D eigenvalue weighted by atomic mass is 15.1. The van der Waals surface area contributed by atoms with Crippen LogP contribution >= 0.6 is 0 Å². The Hall–Kier alpha value is -1.75. The van der Waals surface area contributed by atoms with Crippen LogP contribution in [0.5, 0.6) is 0 Å². The van der Waals surface area contributed by atoms with E-state index in [2.05, 4.69) is 33.3 Å². The van der Waals surface area contributed by atoms with Crippen molar-refractivity contribution >= 4 is 0 Å². The molecule has 1 atom stereocenters. The van der Waals surface area contributed by atoms with Gasteiger partial charge >= 0.3 is 0 Å². The van der Waals surface area contributed by atoms with E-state index in [1.165, 1.54) is 19.4 Å². The molecule has 2 aromatic rings. The van der Waals surface area contributed by atoms with Gasteiger partial charge in [-0.1, -0.05) is 13.8 Å². The van der Waals surface area contributed by atoms with Gasteiger partial charge in [-0.05, 0) is 32.2 Å². The minimum absolute atomic E-state index is 0.460. The molecule has 5 heteroatoms. The smallest absolute Gasteiger partial charge is 0.110 e. The summed E-state index contributed by atoms with van der Waals surface area (Å²) in [5.41, 5.74) is 3.18. The minimum atomic E-state index is 0.460. The van der Waals surface area contributed by atoms with Gasteiger partial charge in [-0.15, -0.1) is 0 Å². The van der Waals surface area contributed by atoms with Crippen LogP contribution < -0.4 is 0 Å². The Morgan fingerprint density at radius 3 is 2.70 bits per heavy atom. The molecule has 0 spiro atoms. The molecular formula is C18H27N5. The van der Waals surface area contributed by atoms with Crippen molar-refractivity contribution in [2.24, 2.45) is 13.0 Å². The predicted molar refractivity (Wildman–Crippen MR) is 92.2 cm³/mol. The third-order valence-corrected chi connectivity index (χ3v) is 4.71. The second-order valence-corrected chi connectivity index (χ2v) is 7.03. The predicted octanol–water partition coefficient (Wildman–Crippen LogP) is 3.02. The van der Waals surface area contributed by atoms with Gasteiger partial charge in [-0.25, -0.2) is 4.98 Å². The van der Waals surface area contributed by atoms with Crippen LogP contribution in [0.25, 0.3) is 11.4 Å². The number of aromatic nitrogens is 4. The lowest BCUT2D eigenvalue weighted by atomic mass is 9.92. The first-order valence-corrected chi connectivity index (χ1v) is 8.58. The Morgan fingerprint density at radius 1 is 1.22 bits per heavy atom. The van der Waals surface area contributed by atoms with Gasteiger partial charge in [-0.3, -0.25) is 9.97 Å². The lowest BCUT2D eigenvalue weighted by molar-refractivity contribution is 0.186. The second-order valence-electron chi connectivity index (χ2n) is 7.03. The molecule has 0 N–H and O–H groups in total. The SMILES string of the molecule is Cc1ncc(-c2nccnc2C2CCCN(CC(C)C)C2)n1C. The average molecular weight is 313 g/mol. The number of hydrogen-bond donors (Lipinski definition) is 0. The molecule has 23 heavy (non-hydrogen) atoms. The molecule has 1 unspecified atom stereocenters. The van der Waals surface area contributed by atoms with Gasteiger partial charge in [0, 0.05) is 38.4 Å². The Labute approximate surface area is 138 Å². The van der Waals surface area contributed by atoms with Crippen molar-refractivity contribution in [2.45, 2.75) is 39.5 Å². The van der Waals surface area contributed by atoms with Crippen molar-refractivity contribution in [3.05, 3.63) is 30.1 Å². The third kappa shape index (κ3) is 3.44. The number of imidazole rings is 1. The molecule has 0 radical (unpaired) electrons. The largest absolute Gasteiger partial charge is 0.330 e. The highest BCUT2D eigenvalue weighted by Gasteiger charge is 2.26. The zero-order valence-corrected chi connectivity index (χ0v) is 14.7. The average Bonchev–Trinajstić information content (AvgIpc) is 2.86. The zero-order valence-electron chi connectivity index (χ0n) is 14.7. The highest BCUT2D eigenvalue weighted by Crippen LogP contribution is 2.32. The van der Waals surface area contributed by atoms with Crippen LogP contribution in [0.3, 0.4) is 0 Å². The summed E-state index contributed by atoms with van der Waals surface area (Å²) < 4.78 is 2.10. The molecule has 1 aliphatic rings. The first kappa shape index (κ1) is 16.1. The summed E-state index contributed by atoms with van der Waals surface area (Å²) in [7, 11) is 2.04. The standard InChI is InChI=1S/C18H27N5/c1-13(2)11-23-9-5-6-15(12-23)17-18(20-8-7-19-17)16-10-21-14(3)22(16)4/h7-8,10,13,15H,5-6,9,11-12H2,1-4H3. The van der Waals surface area contributed by atoms with Crippen LogP contribution in [0.4, 0.5) is 0 Å². The molecule has 0 saturated carbocycles. The van der Waals surface area contributed by atoms with E-state index in [1.807, 2.05) is 26.4 Å². The fourth-order valence-electron chi connectivity index (χ4n) is 3.53. The van der Waals surface area contributed by atoms with Crippen LogP contribution in [0.15, 0.2) is 18.6 Å². The molecule has 0 aromatic carbocycles. The van der Waals surface area contributed by atoms with Crippen LogP contribution in [0, 0.1) is 12.8 Å². The van der Waals surface area contributed by atoms with Crippen molar-refractivity contribution in [1.29, 1.82) is 0 Å². The summed E-state index contributed by atoms with van der Waals surface area (Å²) in [5.74, 6) is 2.16. The number of hydrogen-bond acceptors (Lipinski definition) is 4. The molecule has 124 valence electrons. The van der Waals surface area contributed by atoms with Gasteiger partial charge in [0.15, 0.2) is 0 Å². The fraction of sp³-hybridized carbons (Fsp3) is 0.611. The quantitative estimate of drug-likeness (QED) is 0.870. The summed E-state index contributed by atoms with van der Waals surface area (Å²) in [6.07, 6.45) is 7.95. The van der Waals surface area contributed by atoms with Crippen LogP contribution in [-0.2, 0) is 7.05 Å². The number of likely N-dealkylation sites (tertiary alicyclic amines) is 1. The van der Waals surface area contributed by atoms with E-state index >= 15 is 0 Å². The van der Waals surface area contributed by atoms with Crippen molar-refractivity contribution in [2.75, 3.05) is 19.6 Å². The highest BCUT2D eigenvalue weighted by molar-refractivity contribution is 5.58. The van der Waals surface area contributed by atoms with Crippen molar-refractivity contribution in [3.8, 4) is 11.4 Å². The fourth-order valence-corrected chi connectivity index (χ4v) is 3.53. The van der Waals surface area contributed by atoms with E-state index in [0.717, 1.165) is 36.0 Å².